The van der Waals surface area contributed by atoms with E-state index in [9.17, 15) is 9.59 Å². The zero-order chi connectivity index (χ0) is 20.7. The SMILES string of the molecule is CNC(=O)C(C)N(Cc1cccc(Cl)c1)C(=O)COc1ccc(C(C)C)cc1. The third-order valence-electron chi connectivity index (χ3n) is 4.56. The van der Waals surface area contributed by atoms with Crippen molar-refractivity contribution in [3.63, 3.8) is 0 Å². The molecule has 0 aliphatic rings. The van der Waals surface area contributed by atoms with Crippen molar-refractivity contribution < 1.29 is 14.3 Å². The topological polar surface area (TPSA) is 58.6 Å². The van der Waals surface area contributed by atoms with Crippen molar-refractivity contribution >= 4 is 23.4 Å². The second-order valence-electron chi connectivity index (χ2n) is 6.95. The molecule has 0 bridgehead atoms. The summed E-state index contributed by atoms with van der Waals surface area (Å²) >= 11 is 6.05. The molecule has 0 aliphatic heterocycles. The molecular formula is C22H27ClN2O3. The molecule has 6 heteroatoms. The fourth-order valence-electron chi connectivity index (χ4n) is 2.80. The third-order valence-corrected chi connectivity index (χ3v) is 4.80. The van der Waals surface area contributed by atoms with Gasteiger partial charge in [0.05, 0.1) is 0 Å². The van der Waals surface area contributed by atoms with Gasteiger partial charge >= 0.3 is 0 Å². The van der Waals surface area contributed by atoms with Crippen molar-refractivity contribution in [2.45, 2.75) is 39.3 Å². The van der Waals surface area contributed by atoms with Crippen LogP contribution < -0.4 is 10.1 Å². The van der Waals surface area contributed by atoms with E-state index in [4.69, 9.17) is 16.3 Å². The van der Waals surface area contributed by atoms with Gasteiger partial charge in [0.15, 0.2) is 6.61 Å². The summed E-state index contributed by atoms with van der Waals surface area (Å²) in [5.41, 5.74) is 2.05. The molecule has 2 aromatic rings. The third kappa shape index (κ3) is 5.99. The number of nitrogens with one attached hydrogen (secondary N) is 1. The van der Waals surface area contributed by atoms with E-state index in [1.807, 2.05) is 36.4 Å². The number of likely N-dealkylation sites (N-methyl/N-ethyl adjacent to an activating group) is 1. The quantitative estimate of drug-likeness (QED) is 0.725. The van der Waals surface area contributed by atoms with Crippen LogP contribution in [-0.4, -0.2) is 36.4 Å². The molecule has 0 radical (unpaired) electrons. The molecule has 0 saturated heterocycles. The van der Waals surface area contributed by atoms with Crippen molar-refractivity contribution in [3.8, 4) is 5.75 Å². The van der Waals surface area contributed by atoms with Gasteiger partial charge in [-0.05, 0) is 48.2 Å². The van der Waals surface area contributed by atoms with Crippen LogP contribution in [0.2, 0.25) is 5.02 Å². The second kappa shape index (κ2) is 10.1. The molecule has 0 fully saturated rings. The summed E-state index contributed by atoms with van der Waals surface area (Å²) in [5, 5.41) is 3.17. The van der Waals surface area contributed by atoms with Crippen molar-refractivity contribution in [3.05, 3.63) is 64.7 Å². The smallest absolute Gasteiger partial charge is 0.261 e. The van der Waals surface area contributed by atoms with Gasteiger partial charge in [0.1, 0.15) is 11.8 Å². The lowest BCUT2D eigenvalue weighted by atomic mass is 10.0. The zero-order valence-corrected chi connectivity index (χ0v) is 17.5. The molecule has 1 N–H and O–H groups in total. The first-order valence-corrected chi connectivity index (χ1v) is 9.68. The monoisotopic (exact) mass is 402 g/mol. The number of halogens is 1. The second-order valence-corrected chi connectivity index (χ2v) is 7.39. The number of benzene rings is 2. The predicted molar refractivity (Wildman–Crippen MR) is 112 cm³/mol. The molecular weight excluding hydrogens is 376 g/mol. The lowest BCUT2D eigenvalue weighted by molar-refractivity contribution is -0.142. The molecule has 1 atom stereocenters. The van der Waals surface area contributed by atoms with Crippen LogP contribution >= 0.6 is 11.6 Å². The molecule has 2 amide bonds. The summed E-state index contributed by atoms with van der Waals surface area (Å²) in [5.74, 6) is 0.533. The zero-order valence-electron chi connectivity index (χ0n) is 16.7. The van der Waals surface area contributed by atoms with Crippen molar-refractivity contribution in [1.82, 2.24) is 10.2 Å². The molecule has 2 rings (SSSR count). The van der Waals surface area contributed by atoms with Crippen LogP contribution in [0.25, 0.3) is 0 Å². The van der Waals surface area contributed by atoms with Crippen molar-refractivity contribution in [2.24, 2.45) is 0 Å². The number of nitrogens with zero attached hydrogens (tertiary/aromatic N) is 1. The van der Waals surface area contributed by atoms with E-state index in [0.717, 1.165) is 5.56 Å². The average molecular weight is 403 g/mol. The van der Waals surface area contributed by atoms with Crippen LogP contribution in [0.3, 0.4) is 0 Å². The number of amides is 2. The standard InChI is InChI=1S/C22H27ClN2O3/c1-15(2)18-8-10-20(11-9-18)28-14-21(26)25(16(3)22(27)24-4)13-17-6-5-7-19(23)12-17/h5-12,15-16H,13-14H2,1-4H3,(H,24,27). The fraction of sp³-hybridized carbons (Fsp3) is 0.364. The molecule has 0 heterocycles. The summed E-state index contributed by atoms with van der Waals surface area (Å²) in [4.78, 5) is 26.4. The lowest BCUT2D eigenvalue weighted by Crippen LogP contribution is -2.48. The highest BCUT2D eigenvalue weighted by Crippen LogP contribution is 2.19. The van der Waals surface area contributed by atoms with E-state index in [2.05, 4.69) is 19.2 Å². The Bertz CT molecular complexity index is 806. The summed E-state index contributed by atoms with van der Waals surface area (Å²) in [6, 6.07) is 14.3. The Morgan fingerprint density at radius 3 is 2.36 bits per heavy atom. The van der Waals surface area contributed by atoms with Gasteiger partial charge in [-0.25, -0.2) is 0 Å². The van der Waals surface area contributed by atoms with Gasteiger partial charge in [-0.2, -0.15) is 0 Å². The molecule has 28 heavy (non-hydrogen) atoms. The number of ether oxygens (including phenoxy) is 1. The Kier molecular flexibility index (Phi) is 7.88. The van der Waals surface area contributed by atoms with Gasteiger partial charge in [0.2, 0.25) is 5.91 Å². The van der Waals surface area contributed by atoms with Gasteiger partial charge in [-0.1, -0.05) is 49.7 Å². The first-order chi connectivity index (χ1) is 13.3. The van der Waals surface area contributed by atoms with Crippen molar-refractivity contribution in [2.75, 3.05) is 13.7 Å². The Hall–Kier alpha value is -2.53. The number of carbonyl (C=O) groups is 2. The maximum Gasteiger partial charge on any atom is 0.261 e. The van der Waals surface area contributed by atoms with E-state index in [0.29, 0.717) is 16.7 Å². The van der Waals surface area contributed by atoms with Crippen LogP contribution in [0.4, 0.5) is 0 Å². The van der Waals surface area contributed by atoms with E-state index >= 15 is 0 Å². The predicted octanol–water partition coefficient (Wildman–Crippen LogP) is 4.01. The van der Waals surface area contributed by atoms with Crippen LogP contribution in [-0.2, 0) is 16.1 Å². The minimum Gasteiger partial charge on any atom is -0.484 e. The highest BCUT2D eigenvalue weighted by molar-refractivity contribution is 6.30. The lowest BCUT2D eigenvalue weighted by Gasteiger charge is -2.28. The van der Waals surface area contributed by atoms with E-state index in [-0.39, 0.29) is 25.0 Å². The summed E-state index contributed by atoms with van der Waals surface area (Å²) in [7, 11) is 1.55. The average Bonchev–Trinajstić information content (AvgIpc) is 2.69. The van der Waals surface area contributed by atoms with E-state index in [1.54, 1.807) is 26.1 Å². The van der Waals surface area contributed by atoms with Crippen LogP contribution in [0.1, 0.15) is 37.8 Å². The largest absolute Gasteiger partial charge is 0.484 e. The van der Waals surface area contributed by atoms with Crippen LogP contribution in [0.5, 0.6) is 5.75 Å². The normalized spacial score (nSPS) is 11.8. The van der Waals surface area contributed by atoms with Gasteiger partial charge in [-0.3, -0.25) is 9.59 Å². The van der Waals surface area contributed by atoms with E-state index < -0.39 is 6.04 Å². The number of hydrogen-bond donors (Lipinski definition) is 1. The summed E-state index contributed by atoms with van der Waals surface area (Å²) < 4.78 is 5.66. The molecule has 0 spiro atoms. The Morgan fingerprint density at radius 1 is 1.11 bits per heavy atom. The maximum absolute atomic E-state index is 12.8. The fourth-order valence-corrected chi connectivity index (χ4v) is 3.01. The number of hydrogen-bond acceptors (Lipinski definition) is 3. The molecule has 0 aromatic heterocycles. The minimum atomic E-state index is -0.636. The first-order valence-electron chi connectivity index (χ1n) is 9.30. The Labute approximate surface area is 171 Å². The first kappa shape index (κ1) is 21.8. The molecule has 150 valence electrons. The minimum absolute atomic E-state index is 0.150. The molecule has 5 nitrogen and oxygen atoms in total. The maximum atomic E-state index is 12.8. The van der Waals surface area contributed by atoms with Crippen molar-refractivity contribution in [1.29, 1.82) is 0 Å². The van der Waals surface area contributed by atoms with Gasteiger partial charge in [-0.15, -0.1) is 0 Å². The van der Waals surface area contributed by atoms with Gasteiger partial charge in [0.25, 0.3) is 5.91 Å². The van der Waals surface area contributed by atoms with Crippen LogP contribution in [0.15, 0.2) is 48.5 Å². The molecule has 1 unspecified atom stereocenters. The van der Waals surface area contributed by atoms with Crippen LogP contribution in [0, 0.1) is 0 Å². The van der Waals surface area contributed by atoms with Gasteiger partial charge in [0, 0.05) is 18.6 Å². The van der Waals surface area contributed by atoms with Gasteiger partial charge < -0.3 is 15.0 Å². The Morgan fingerprint density at radius 2 is 1.79 bits per heavy atom. The summed E-state index contributed by atoms with van der Waals surface area (Å²) in [6.07, 6.45) is 0. The summed E-state index contributed by atoms with van der Waals surface area (Å²) in [6.45, 7) is 6.05. The highest BCUT2D eigenvalue weighted by Gasteiger charge is 2.25. The van der Waals surface area contributed by atoms with E-state index in [1.165, 1.54) is 10.5 Å². The number of carbonyl (C=O) groups excluding carboxylic acids is 2. The Balaban J connectivity index is 2.10. The highest BCUT2D eigenvalue weighted by atomic mass is 35.5. The molecule has 2 aromatic carbocycles. The molecule has 0 aliphatic carbocycles. The number of rotatable bonds is 8. The molecule has 0 saturated carbocycles.